The molecular formula is C23H31ClN4O4S. The molecule has 0 aromatic heterocycles. The summed E-state index contributed by atoms with van der Waals surface area (Å²) < 4.78 is 33.0. The Morgan fingerprint density at radius 3 is 2.30 bits per heavy atom. The van der Waals surface area contributed by atoms with Crippen LogP contribution in [0.5, 0.6) is 5.75 Å². The van der Waals surface area contributed by atoms with Crippen molar-refractivity contribution in [2.75, 3.05) is 64.3 Å². The first-order valence-electron chi connectivity index (χ1n) is 10.9. The van der Waals surface area contributed by atoms with Crippen molar-refractivity contribution in [2.24, 2.45) is 0 Å². The van der Waals surface area contributed by atoms with E-state index in [-0.39, 0.29) is 17.3 Å². The van der Waals surface area contributed by atoms with E-state index < -0.39 is 10.0 Å². The van der Waals surface area contributed by atoms with Crippen molar-refractivity contribution in [1.82, 2.24) is 15.1 Å². The predicted molar refractivity (Wildman–Crippen MR) is 131 cm³/mol. The molecule has 1 saturated heterocycles. The molecule has 1 fully saturated rings. The number of sulfonamides is 1. The molecule has 2 aromatic rings. The summed E-state index contributed by atoms with van der Waals surface area (Å²) in [6, 6.07) is 12.4. The molecule has 3 rings (SSSR count). The third-order valence-electron chi connectivity index (χ3n) is 5.62. The fourth-order valence-electron chi connectivity index (χ4n) is 3.59. The van der Waals surface area contributed by atoms with Gasteiger partial charge in [-0.3, -0.25) is 9.10 Å². The predicted octanol–water partition coefficient (Wildman–Crippen LogP) is 2.30. The van der Waals surface area contributed by atoms with Crippen LogP contribution in [-0.2, 0) is 14.8 Å². The quantitative estimate of drug-likeness (QED) is 0.510. The molecule has 1 N–H and O–H groups in total. The van der Waals surface area contributed by atoms with Crippen molar-refractivity contribution < 1.29 is 17.9 Å². The zero-order valence-corrected chi connectivity index (χ0v) is 20.6. The van der Waals surface area contributed by atoms with Crippen LogP contribution >= 0.6 is 11.6 Å². The molecule has 8 nitrogen and oxygen atoms in total. The number of hydrogen-bond acceptors (Lipinski definition) is 6. The molecule has 1 heterocycles. The molecule has 33 heavy (non-hydrogen) atoms. The normalized spacial score (nSPS) is 15.2. The molecule has 1 aliphatic rings. The first kappa shape index (κ1) is 25.3. The second-order valence-corrected chi connectivity index (χ2v) is 10.3. The highest BCUT2D eigenvalue weighted by Gasteiger charge is 2.27. The molecule has 0 aliphatic carbocycles. The van der Waals surface area contributed by atoms with Gasteiger partial charge < -0.3 is 19.9 Å². The van der Waals surface area contributed by atoms with Gasteiger partial charge in [-0.2, -0.15) is 0 Å². The highest BCUT2D eigenvalue weighted by Crippen LogP contribution is 2.26. The van der Waals surface area contributed by atoms with Gasteiger partial charge >= 0.3 is 0 Å². The summed E-state index contributed by atoms with van der Waals surface area (Å²) in [4.78, 5) is 17.4. The van der Waals surface area contributed by atoms with Crippen LogP contribution in [0.15, 0.2) is 53.4 Å². The van der Waals surface area contributed by atoms with Crippen LogP contribution in [-0.4, -0.2) is 84.1 Å². The second kappa shape index (κ2) is 11.7. The molecule has 0 saturated carbocycles. The highest BCUT2D eigenvalue weighted by atomic mass is 35.5. The zero-order valence-electron chi connectivity index (χ0n) is 19.0. The number of benzene rings is 2. The van der Waals surface area contributed by atoms with Gasteiger partial charge in [0.15, 0.2) is 0 Å². The Balaban J connectivity index is 1.65. The molecule has 1 aliphatic heterocycles. The first-order valence-corrected chi connectivity index (χ1v) is 12.7. The smallest absolute Gasteiger partial charge is 0.264 e. The maximum absolute atomic E-state index is 13.4. The van der Waals surface area contributed by atoms with Crippen LogP contribution in [0.25, 0.3) is 0 Å². The third kappa shape index (κ3) is 7.07. The van der Waals surface area contributed by atoms with E-state index in [1.165, 1.54) is 19.2 Å². The van der Waals surface area contributed by atoms with Crippen molar-refractivity contribution >= 4 is 33.2 Å². The molecule has 2 aromatic carbocycles. The van der Waals surface area contributed by atoms with E-state index in [2.05, 4.69) is 22.2 Å². The Bertz CT molecular complexity index is 1010. The molecule has 180 valence electrons. The van der Waals surface area contributed by atoms with Gasteiger partial charge in [0.2, 0.25) is 5.91 Å². The summed E-state index contributed by atoms with van der Waals surface area (Å²) in [7, 11) is -0.352. The lowest BCUT2D eigenvalue weighted by Crippen LogP contribution is -2.45. The largest absolute Gasteiger partial charge is 0.497 e. The summed E-state index contributed by atoms with van der Waals surface area (Å²) in [5.41, 5.74) is 0.364. The van der Waals surface area contributed by atoms with Gasteiger partial charge in [-0.05, 0) is 68.5 Å². The fourth-order valence-corrected chi connectivity index (χ4v) is 5.13. The Hall–Kier alpha value is -2.33. The first-order chi connectivity index (χ1) is 15.8. The number of nitrogens with one attached hydrogen (secondary N) is 1. The monoisotopic (exact) mass is 494 g/mol. The van der Waals surface area contributed by atoms with Crippen molar-refractivity contribution in [1.29, 1.82) is 0 Å². The molecule has 0 unspecified atom stereocenters. The van der Waals surface area contributed by atoms with Crippen LogP contribution in [0.4, 0.5) is 5.69 Å². The van der Waals surface area contributed by atoms with E-state index in [1.807, 2.05) is 0 Å². The topological polar surface area (TPSA) is 82.2 Å². The van der Waals surface area contributed by atoms with Crippen molar-refractivity contribution in [3.05, 3.63) is 53.6 Å². The number of carbonyl (C=O) groups excluding carboxylic acids is 1. The summed E-state index contributed by atoms with van der Waals surface area (Å²) >= 11 is 5.98. The van der Waals surface area contributed by atoms with E-state index in [1.54, 1.807) is 36.4 Å². The van der Waals surface area contributed by atoms with E-state index in [0.29, 0.717) is 23.0 Å². The van der Waals surface area contributed by atoms with Gasteiger partial charge in [0.1, 0.15) is 12.3 Å². The third-order valence-corrected chi connectivity index (χ3v) is 7.66. The summed E-state index contributed by atoms with van der Waals surface area (Å²) in [5.74, 6) is 0.186. The van der Waals surface area contributed by atoms with Crippen LogP contribution in [0, 0.1) is 0 Å². The van der Waals surface area contributed by atoms with Gasteiger partial charge in [0.25, 0.3) is 10.0 Å². The van der Waals surface area contributed by atoms with Crippen LogP contribution in [0.1, 0.15) is 6.42 Å². The van der Waals surface area contributed by atoms with Gasteiger partial charge in [-0.25, -0.2) is 8.42 Å². The molecule has 0 bridgehead atoms. The number of halogens is 1. The maximum Gasteiger partial charge on any atom is 0.264 e. The van der Waals surface area contributed by atoms with Crippen LogP contribution < -0.4 is 14.4 Å². The number of nitrogens with zero attached hydrogens (tertiary/aromatic N) is 3. The van der Waals surface area contributed by atoms with E-state index in [4.69, 9.17) is 16.3 Å². The fraction of sp³-hybridized carbons (Fsp3) is 0.435. The highest BCUT2D eigenvalue weighted by molar-refractivity contribution is 7.92. The second-order valence-electron chi connectivity index (χ2n) is 8.01. The van der Waals surface area contributed by atoms with Crippen LogP contribution in [0.2, 0.25) is 5.02 Å². The number of rotatable bonds is 10. The SMILES string of the molecule is COc1ccc(S(=O)(=O)N(CC(=O)NCCCN2CCN(C)CC2)c2ccc(Cl)cc2)cc1. The average Bonchev–Trinajstić information content (AvgIpc) is 2.82. The van der Waals surface area contributed by atoms with Gasteiger partial charge in [0.05, 0.1) is 17.7 Å². The Kier molecular flexibility index (Phi) is 8.96. The minimum absolute atomic E-state index is 0.0705. The van der Waals surface area contributed by atoms with Gasteiger partial charge in [0, 0.05) is 37.7 Å². The Morgan fingerprint density at radius 2 is 1.70 bits per heavy atom. The summed E-state index contributed by atoms with van der Waals surface area (Å²) in [6.45, 7) is 5.20. The Morgan fingerprint density at radius 1 is 1.06 bits per heavy atom. The molecule has 0 radical (unpaired) electrons. The lowest BCUT2D eigenvalue weighted by Gasteiger charge is -2.32. The number of carbonyl (C=O) groups is 1. The Labute approximate surface area is 201 Å². The average molecular weight is 495 g/mol. The molecule has 1 amide bonds. The minimum Gasteiger partial charge on any atom is -0.497 e. The van der Waals surface area contributed by atoms with E-state index in [0.717, 1.165) is 43.4 Å². The summed E-state index contributed by atoms with van der Waals surface area (Å²) in [5, 5.41) is 3.34. The standard InChI is InChI=1S/C23H31ClN4O4S/c1-26-14-16-27(17-15-26)13-3-12-25-23(29)18-28(20-6-4-19(24)5-7-20)33(30,31)22-10-8-21(32-2)9-11-22/h4-11H,3,12-18H2,1-2H3,(H,25,29). The van der Waals surface area contributed by atoms with Gasteiger partial charge in [-0.15, -0.1) is 0 Å². The molecule has 0 atom stereocenters. The molecule has 0 spiro atoms. The molecular weight excluding hydrogens is 464 g/mol. The lowest BCUT2D eigenvalue weighted by atomic mass is 10.3. The minimum atomic E-state index is -3.98. The van der Waals surface area contributed by atoms with Gasteiger partial charge in [-0.1, -0.05) is 11.6 Å². The number of likely N-dealkylation sites (N-methyl/N-ethyl adjacent to an activating group) is 1. The van der Waals surface area contributed by atoms with Crippen molar-refractivity contribution in [2.45, 2.75) is 11.3 Å². The number of hydrogen-bond donors (Lipinski definition) is 1. The number of ether oxygens (including phenoxy) is 1. The summed E-state index contributed by atoms with van der Waals surface area (Å²) in [6.07, 6.45) is 0.807. The van der Waals surface area contributed by atoms with E-state index in [9.17, 15) is 13.2 Å². The number of anilines is 1. The number of methoxy groups -OCH3 is 1. The zero-order chi connectivity index (χ0) is 23.8. The van der Waals surface area contributed by atoms with Crippen molar-refractivity contribution in [3.63, 3.8) is 0 Å². The lowest BCUT2D eigenvalue weighted by molar-refractivity contribution is -0.119. The van der Waals surface area contributed by atoms with Crippen molar-refractivity contribution in [3.8, 4) is 5.75 Å². The maximum atomic E-state index is 13.4. The van der Waals surface area contributed by atoms with Crippen LogP contribution in [0.3, 0.4) is 0 Å². The van der Waals surface area contributed by atoms with E-state index >= 15 is 0 Å². The number of piperazine rings is 1. The molecule has 10 heteroatoms. The number of amides is 1.